The van der Waals surface area contributed by atoms with E-state index in [1.54, 1.807) is 6.92 Å². The van der Waals surface area contributed by atoms with Crippen molar-refractivity contribution in [1.82, 2.24) is 9.80 Å². The van der Waals surface area contributed by atoms with Gasteiger partial charge in [0.15, 0.2) is 0 Å². The van der Waals surface area contributed by atoms with Crippen molar-refractivity contribution in [3.8, 4) is 0 Å². The van der Waals surface area contributed by atoms with E-state index in [0.29, 0.717) is 23.5 Å². The number of rotatable bonds is 4. The third kappa shape index (κ3) is 4.36. The summed E-state index contributed by atoms with van der Waals surface area (Å²) >= 11 is 6.01. The van der Waals surface area contributed by atoms with Crippen LogP contribution in [-0.2, 0) is 20.7 Å². The van der Waals surface area contributed by atoms with E-state index in [4.69, 9.17) is 16.3 Å². The molecule has 3 aliphatic heterocycles. The average Bonchev–Trinajstić information content (AvgIpc) is 2.94. The van der Waals surface area contributed by atoms with Crippen LogP contribution in [0, 0.1) is 0 Å². The van der Waals surface area contributed by atoms with E-state index >= 15 is 0 Å². The Kier molecular flexibility index (Phi) is 5.93. The molecule has 3 saturated heterocycles. The van der Waals surface area contributed by atoms with E-state index in [-0.39, 0.29) is 24.0 Å². The van der Waals surface area contributed by atoms with Crippen molar-refractivity contribution in [3.63, 3.8) is 0 Å². The normalized spacial score (nSPS) is 27.9. The Morgan fingerprint density at radius 1 is 1.07 bits per heavy atom. The number of fused-ring (bicyclic) bond motifs is 2. The second kappa shape index (κ2) is 8.42. The highest BCUT2D eigenvalue weighted by Crippen LogP contribution is 2.37. The SMILES string of the molecule is CC(=O)N1[C@@H]2CC[C@H]1CC(OC1CCN(C(=O)Cc3cccc(Cl)c3)CC1)C2. The lowest BCUT2D eigenvalue weighted by molar-refractivity contribution is -0.139. The number of carbonyl (C=O) groups excluding carboxylic acids is 2. The van der Waals surface area contributed by atoms with Gasteiger partial charge in [-0.15, -0.1) is 0 Å². The molecule has 2 bridgehead atoms. The second-order valence-electron chi connectivity index (χ2n) is 8.43. The van der Waals surface area contributed by atoms with Gasteiger partial charge in [-0.25, -0.2) is 0 Å². The topological polar surface area (TPSA) is 49.9 Å². The summed E-state index contributed by atoms with van der Waals surface area (Å²) in [6, 6.07) is 8.24. The van der Waals surface area contributed by atoms with Gasteiger partial charge in [0.1, 0.15) is 0 Å². The first kappa shape index (κ1) is 19.7. The molecule has 1 aromatic carbocycles. The maximum absolute atomic E-state index is 12.6. The van der Waals surface area contributed by atoms with Crippen LogP contribution in [0.2, 0.25) is 5.02 Å². The maximum Gasteiger partial charge on any atom is 0.226 e. The van der Waals surface area contributed by atoms with Crippen LogP contribution in [0.3, 0.4) is 0 Å². The first-order valence-electron chi connectivity index (χ1n) is 10.5. The molecule has 1 aromatic rings. The molecule has 1 unspecified atom stereocenters. The number of hydrogen-bond donors (Lipinski definition) is 0. The molecule has 4 rings (SSSR count). The zero-order valence-corrected chi connectivity index (χ0v) is 17.2. The van der Waals surface area contributed by atoms with E-state index < -0.39 is 0 Å². The highest BCUT2D eigenvalue weighted by atomic mass is 35.5. The van der Waals surface area contributed by atoms with Gasteiger partial charge < -0.3 is 14.5 Å². The molecule has 0 saturated carbocycles. The summed E-state index contributed by atoms with van der Waals surface area (Å²) in [6.45, 7) is 3.19. The molecule has 3 fully saturated rings. The molecule has 6 heteroatoms. The molecule has 0 N–H and O–H groups in total. The van der Waals surface area contributed by atoms with Gasteiger partial charge in [0.2, 0.25) is 11.8 Å². The second-order valence-corrected chi connectivity index (χ2v) is 8.86. The molecule has 0 aromatic heterocycles. The van der Waals surface area contributed by atoms with Crippen molar-refractivity contribution in [2.45, 2.75) is 76.2 Å². The van der Waals surface area contributed by atoms with E-state index in [9.17, 15) is 9.59 Å². The van der Waals surface area contributed by atoms with E-state index in [1.807, 2.05) is 29.2 Å². The van der Waals surface area contributed by atoms with Gasteiger partial charge >= 0.3 is 0 Å². The van der Waals surface area contributed by atoms with Gasteiger partial charge in [0, 0.05) is 37.1 Å². The van der Waals surface area contributed by atoms with Crippen LogP contribution in [0.4, 0.5) is 0 Å². The van der Waals surface area contributed by atoms with Gasteiger partial charge in [-0.3, -0.25) is 9.59 Å². The molecule has 0 spiro atoms. The highest BCUT2D eigenvalue weighted by Gasteiger charge is 2.43. The van der Waals surface area contributed by atoms with Crippen LogP contribution < -0.4 is 0 Å². The van der Waals surface area contributed by atoms with Crippen LogP contribution in [0.15, 0.2) is 24.3 Å². The lowest BCUT2D eigenvalue weighted by atomic mass is 9.98. The van der Waals surface area contributed by atoms with Crippen molar-refractivity contribution in [1.29, 1.82) is 0 Å². The minimum absolute atomic E-state index is 0.161. The summed E-state index contributed by atoms with van der Waals surface area (Å²) in [6.07, 6.45) is 6.82. The third-order valence-electron chi connectivity index (χ3n) is 6.48. The fourth-order valence-corrected chi connectivity index (χ4v) is 5.41. The number of halogens is 1. The summed E-state index contributed by atoms with van der Waals surface area (Å²) in [5.41, 5.74) is 0.962. The number of nitrogens with zero attached hydrogens (tertiary/aromatic N) is 2. The Morgan fingerprint density at radius 2 is 1.75 bits per heavy atom. The number of carbonyl (C=O) groups is 2. The molecular formula is C22H29ClN2O3. The van der Waals surface area contributed by atoms with Crippen molar-refractivity contribution >= 4 is 23.4 Å². The van der Waals surface area contributed by atoms with Gasteiger partial charge in [-0.1, -0.05) is 23.7 Å². The van der Waals surface area contributed by atoms with E-state index in [2.05, 4.69) is 4.90 Å². The van der Waals surface area contributed by atoms with E-state index in [0.717, 1.165) is 57.2 Å². The molecule has 3 heterocycles. The summed E-state index contributed by atoms with van der Waals surface area (Å²) in [7, 11) is 0. The molecule has 5 nitrogen and oxygen atoms in total. The van der Waals surface area contributed by atoms with Crippen LogP contribution in [0.1, 0.15) is 51.0 Å². The molecule has 0 aliphatic carbocycles. The average molecular weight is 405 g/mol. The number of amides is 2. The smallest absolute Gasteiger partial charge is 0.226 e. The third-order valence-corrected chi connectivity index (χ3v) is 6.71. The first-order chi connectivity index (χ1) is 13.5. The first-order valence-corrected chi connectivity index (χ1v) is 10.8. The fraction of sp³-hybridized carbons (Fsp3) is 0.636. The zero-order chi connectivity index (χ0) is 19.7. The largest absolute Gasteiger partial charge is 0.375 e. The monoisotopic (exact) mass is 404 g/mol. The lowest BCUT2D eigenvalue weighted by Crippen LogP contribution is -2.49. The van der Waals surface area contributed by atoms with Crippen molar-refractivity contribution < 1.29 is 14.3 Å². The summed E-state index contributed by atoms with van der Waals surface area (Å²) < 4.78 is 6.41. The minimum Gasteiger partial charge on any atom is -0.375 e. The molecular weight excluding hydrogens is 376 g/mol. The zero-order valence-electron chi connectivity index (χ0n) is 16.5. The Bertz CT molecular complexity index is 718. The molecule has 3 aliphatic rings. The van der Waals surface area contributed by atoms with E-state index in [1.165, 1.54) is 0 Å². The van der Waals surface area contributed by atoms with Crippen molar-refractivity contribution in [2.24, 2.45) is 0 Å². The standard InChI is InChI=1S/C22H29ClN2O3/c1-15(26)25-18-5-6-19(25)14-21(13-18)28-20-7-9-24(10-8-20)22(27)12-16-3-2-4-17(23)11-16/h2-4,11,18-21H,5-10,12-14H2,1H3/t18-,19+,21?. The minimum atomic E-state index is 0.161. The summed E-state index contributed by atoms with van der Waals surface area (Å²) in [5.74, 6) is 0.367. The molecule has 28 heavy (non-hydrogen) atoms. The number of benzene rings is 1. The van der Waals surface area contributed by atoms with Crippen LogP contribution in [-0.4, -0.2) is 59.0 Å². The molecule has 3 atom stereocenters. The molecule has 152 valence electrons. The Balaban J connectivity index is 1.24. The predicted octanol–water partition coefficient (Wildman–Crippen LogP) is 3.43. The lowest BCUT2D eigenvalue weighted by Gasteiger charge is -2.41. The number of piperidine rings is 2. The summed E-state index contributed by atoms with van der Waals surface area (Å²) in [4.78, 5) is 28.4. The Hall–Kier alpha value is -1.59. The molecule has 2 amide bonds. The van der Waals surface area contributed by atoms with Gasteiger partial charge in [0.05, 0.1) is 18.6 Å². The Labute approximate surface area is 172 Å². The number of likely N-dealkylation sites (tertiary alicyclic amines) is 1. The van der Waals surface area contributed by atoms with Gasteiger partial charge in [0.25, 0.3) is 0 Å². The van der Waals surface area contributed by atoms with Crippen molar-refractivity contribution in [2.75, 3.05) is 13.1 Å². The number of hydrogen-bond acceptors (Lipinski definition) is 3. The Morgan fingerprint density at radius 3 is 2.36 bits per heavy atom. The van der Waals surface area contributed by atoms with Crippen molar-refractivity contribution in [3.05, 3.63) is 34.9 Å². The van der Waals surface area contributed by atoms with Gasteiger partial charge in [-0.2, -0.15) is 0 Å². The van der Waals surface area contributed by atoms with Crippen LogP contribution >= 0.6 is 11.6 Å². The maximum atomic E-state index is 12.6. The highest BCUT2D eigenvalue weighted by molar-refractivity contribution is 6.30. The number of ether oxygens (including phenoxy) is 1. The molecule has 0 radical (unpaired) electrons. The summed E-state index contributed by atoms with van der Waals surface area (Å²) in [5, 5.41) is 0.669. The predicted molar refractivity (Wildman–Crippen MR) is 108 cm³/mol. The quantitative estimate of drug-likeness (QED) is 0.772. The fourth-order valence-electron chi connectivity index (χ4n) is 5.20. The van der Waals surface area contributed by atoms with Gasteiger partial charge in [-0.05, 0) is 56.2 Å². The van der Waals surface area contributed by atoms with Crippen LogP contribution in [0.5, 0.6) is 0 Å². The van der Waals surface area contributed by atoms with Crippen LogP contribution in [0.25, 0.3) is 0 Å².